The van der Waals surface area contributed by atoms with E-state index in [0.29, 0.717) is 0 Å². The fraction of sp³-hybridized carbons (Fsp3) is 0.267. The zero-order valence-electron chi connectivity index (χ0n) is 10.7. The van der Waals surface area contributed by atoms with Crippen molar-refractivity contribution in [3.8, 4) is 0 Å². The molecule has 2 heterocycles. The molecule has 1 aromatic carbocycles. The summed E-state index contributed by atoms with van der Waals surface area (Å²) in [6.45, 7) is 1.83. The van der Waals surface area contributed by atoms with Crippen LogP contribution in [-0.4, -0.2) is 12.1 Å². The van der Waals surface area contributed by atoms with Gasteiger partial charge in [-0.2, -0.15) is 0 Å². The first-order valence-electron chi connectivity index (χ1n) is 6.24. The van der Waals surface area contributed by atoms with Crippen molar-refractivity contribution in [1.82, 2.24) is 10.3 Å². The first kappa shape index (κ1) is 12.8. The number of ether oxygens (including phenoxy) is 1. The number of aromatic nitrogens is 1. The Balaban J connectivity index is 1.98. The minimum Gasteiger partial charge on any atom is -0.370 e. The van der Waals surface area contributed by atoms with Crippen molar-refractivity contribution in [2.45, 2.75) is 19.2 Å². The molecule has 0 saturated carbocycles. The molecule has 1 aliphatic heterocycles. The molecule has 19 heavy (non-hydrogen) atoms. The molecule has 1 N–H and O–H groups in total. The first-order valence-corrected chi connectivity index (χ1v) is 7.04. The second-order valence-corrected chi connectivity index (χ2v) is 5.57. The highest BCUT2D eigenvalue weighted by atomic mass is 79.9. The van der Waals surface area contributed by atoms with E-state index < -0.39 is 0 Å². The Morgan fingerprint density at radius 3 is 2.89 bits per heavy atom. The maximum atomic E-state index is 5.63. The van der Waals surface area contributed by atoms with Gasteiger partial charge in [0.2, 0.25) is 0 Å². The van der Waals surface area contributed by atoms with Gasteiger partial charge in [0.15, 0.2) is 0 Å². The van der Waals surface area contributed by atoms with Gasteiger partial charge in [-0.25, -0.2) is 0 Å². The van der Waals surface area contributed by atoms with Crippen molar-refractivity contribution >= 4 is 15.9 Å². The molecule has 0 amide bonds. The summed E-state index contributed by atoms with van der Waals surface area (Å²) in [5.41, 5.74) is 4.67. The molecule has 4 heteroatoms. The predicted molar refractivity (Wildman–Crippen MR) is 77.8 cm³/mol. The average molecular weight is 319 g/mol. The molecule has 98 valence electrons. The van der Waals surface area contributed by atoms with Crippen molar-refractivity contribution in [3.63, 3.8) is 0 Å². The normalized spacial score (nSPS) is 15.3. The number of halogens is 1. The summed E-state index contributed by atoms with van der Waals surface area (Å²) >= 11 is 3.50. The van der Waals surface area contributed by atoms with Gasteiger partial charge >= 0.3 is 0 Å². The Bertz CT molecular complexity index is 600. The van der Waals surface area contributed by atoms with Crippen LogP contribution in [0.1, 0.15) is 28.5 Å². The first-order chi connectivity index (χ1) is 9.28. The molecule has 0 saturated heterocycles. The van der Waals surface area contributed by atoms with Crippen LogP contribution in [0.4, 0.5) is 0 Å². The largest absolute Gasteiger partial charge is 0.370 e. The smallest absolute Gasteiger partial charge is 0.124 e. The molecule has 0 fully saturated rings. The molecular formula is C15H15BrN2O. The molecule has 1 atom stereocenters. The van der Waals surface area contributed by atoms with Gasteiger partial charge in [-0.3, -0.25) is 4.98 Å². The Kier molecular flexibility index (Phi) is 3.64. The van der Waals surface area contributed by atoms with Gasteiger partial charge in [0, 0.05) is 30.9 Å². The van der Waals surface area contributed by atoms with Crippen LogP contribution >= 0.6 is 15.9 Å². The van der Waals surface area contributed by atoms with E-state index in [0.717, 1.165) is 28.8 Å². The Hall–Kier alpha value is -1.23. The SMILES string of the molecule is COC(c1cccc(Br)c1)c1cc2c(cn1)CNC2. The summed E-state index contributed by atoms with van der Waals surface area (Å²) in [6.07, 6.45) is 1.83. The highest BCUT2D eigenvalue weighted by molar-refractivity contribution is 9.10. The van der Waals surface area contributed by atoms with Crippen LogP contribution in [-0.2, 0) is 17.8 Å². The molecule has 2 aromatic rings. The molecular weight excluding hydrogens is 304 g/mol. The number of benzene rings is 1. The van der Waals surface area contributed by atoms with Crippen molar-refractivity contribution in [3.05, 3.63) is 63.4 Å². The highest BCUT2D eigenvalue weighted by Gasteiger charge is 2.18. The maximum Gasteiger partial charge on any atom is 0.124 e. The molecule has 3 rings (SSSR count). The van der Waals surface area contributed by atoms with E-state index in [4.69, 9.17) is 4.74 Å². The molecule has 0 bridgehead atoms. The lowest BCUT2D eigenvalue weighted by atomic mass is 10.0. The fourth-order valence-corrected chi connectivity index (χ4v) is 2.86. The lowest BCUT2D eigenvalue weighted by molar-refractivity contribution is 0.133. The Morgan fingerprint density at radius 1 is 1.26 bits per heavy atom. The van der Waals surface area contributed by atoms with Crippen LogP contribution in [0, 0.1) is 0 Å². The Labute approximate surface area is 121 Å². The second kappa shape index (κ2) is 5.41. The summed E-state index contributed by atoms with van der Waals surface area (Å²) in [5, 5.41) is 3.33. The molecule has 3 nitrogen and oxygen atoms in total. The van der Waals surface area contributed by atoms with Crippen molar-refractivity contribution in [2.24, 2.45) is 0 Å². The summed E-state index contributed by atoms with van der Waals surface area (Å²) < 4.78 is 6.68. The number of nitrogens with one attached hydrogen (secondary N) is 1. The minimum atomic E-state index is -0.122. The van der Waals surface area contributed by atoms with Gasteiger partial charge in [-0.1, -0.05) is 28.1 Å². The number of rotatable bonds is 3. The van der Waals surface area contributed by atoms with Gasteiger partial charge in [-0.15, -0.1) is 0 Å². The van der Waals surface area contributed by atoms with Crippen LogP contribution in [0.2, 0.25) is 0 Å². The van der Waals surface area contributed by atoms with Crippen molar-refractivity contribution < 1.29 is 4.74 Å². The third-order valence-electron chi connectivity index (χ3n) is 3.39. The van der Waals surface area contributed by atoms with E-state index in [2.05, 4.69) is 44.4 Å². The number of methoxy groups -OCH3 is 1. The number of hydrogen-bond acceptors (Lipinski definition) is 3. The summed E-state index contributed by atoms with van der Waals surface area (Å²) in [4.78, 5) is 4.55. The van der Waals surface area contributed by atoms with Crippen LogP contribution in [0.15, 0.2) is 41.0 Å². The Morgan fingerprint density at radius 2 is 2.11 bits per heavy atom. The van der Waals surface area contributed by atoms with E-state index >= 15 is 0 Å². The number of pyridine rings is 1. The third kappa shape index (κ3) is 2.56. The molecule has 1 aromatic heterocycles. The highest BCUT2D eigenvalue weighted by Crippen LogP contribution is 2.28. The second-order valence-electron chi connectivity index (χ2n) is 4.65. The van der Waals surface area contributed by atoms with Crippen LogP contribution in [0.5, 0.6) is 0 Å². The van der Waals surface area contributed by atoms with Crippen LogP contribution in [0.3, 0.4) is 0 Å². The summed E-state index contributed by atoms with van der Waals surface area (Å²) in [7, 11) is 1.72. The number of nitrogens with zero attached hydrogens (tertiary/aromatic N) is 1. The zero-order valence-corrected chi connectivity index (χ0v) is 12.3. The van der Waals surface area contributed by atoms with Gasteiger partial charge in [0.25, 0.3) is 0 Å². The van der Waals surface area contributed by atoms with E-state index in [9.17, 15) is 0 Å². The van der Waals surface area contributed by atoms with E-state index in [1.807, 2.05) is 18.3 Å². The van der Waals surface area contributed by atoms with Crippen molar-refractivity contribution in [1.29, 1.82) is 0 Å². The zero-order chi connectivity index (χ0) is 13.2. The van der Waals surface area contributed by atoms with E-state index in [1.54, 1.807) is 7.11 Å². The topological polar surface area (TPSA) is 34.1 Å². The lowest BCUT2D eigenvalue weighted by Crippen LogP contribution is -2.06. The number of fused-ring (bicyclic) bond motifs is 1. The predicted octanol–water partition coefficient (Wildman–Crippen LogP) is 3.18. The molecule has 0 spiro atoms. The molecule has 1 unspecified atom stereocenters. The average Bonchev–Trinajstić information content (AvgIpc) is 2.87. The van der Waals surface area contributed by atoms with Gasteiger partial charge in [-0.05, 0) is 34.9 Å². The fourth-order valence-electron chi connectivity index (χ4n) is 2.44. The van der Waals surface area contributed by atoms with Crippen LogP contribution < -0.4 is 5.32 Å². The number of hydrogen-bond donors (Lipinski definition) is 1. The molecule has 0 aliphatic carbocycles. The minimum absolute atomic E-state index is 0.122. The standard InChI is InChI=1S/C15H15BrN2O/c1-19-15(10-3-2-4-13(16)5-10)14-6-11-7-17-8-12(11)9-18-14/h2-6,9,15,17H,7-8H2,1H3. The summed E-state index contributed by atoms with van der Waals surface area (Å²) in [6, 6.07) is 10.3. The van der Waals surface area contributed by atoms with Gasteiger partial charge < -0.3 is 10.1 Å². The van der Waals surface area contributed by atoms with Crippen LogP contribution in [0.25, 0.3) is 0 Å². The van der Waals surface area contributed by atoms with Gasteiger partial charge in [0.1, 0.15) is 6.10 Å². The summed E-state index contributed by atoms with van der Waals surface area (Å²) in [5.74, 6) is 0. The maximum absolute atomic E-state index is 5.63. The van der Waals surface area contributed by atoms with E-state index in [-0.39, 0.29) is 6.10 Å². The molecule has 0 radical (unpaired) electrons. The quantitative estimate of drug-likeness (QED) is 0.943. The third-order valence-corrected chi connectivity index (χ3v) is 3.88. The molecule has 1 aliphatic rings. The van der Waals surface area contributed by atoms with E-state index in [1.165, 1.54) is 11.1 Å². The lowest BCUT2D eigenvalue weighted by Gasteiger charge is -2.16. The monoisotopic (exact) mass is 318 g/mol. The van der Waals surface area contributed by atoms with Gasteiger partial charge in [0.05, 0.1) is 5.69 Å². The van der Waals surface area contributed by atoms with Crippen molar-refractivity contribution in [2.75, 3.05) is 7.11 Å².